The Kier molecular flexibility index (Phi) is 5.68. The summed E-state index contributed by atoms with van der Waals surface area (Å²) in [5.74, 6) is -1.69. The normalized spacial score (nSPS) is 10.9. The number of carbonyl (C=O) groups is 1. The van der Waals surface area contributed by atoms with Crippen LogP contribution in [0, 0.1) is 32.4 Å². The molecule has 3 rings (SSSR count). The van der Waals surface area contributed by atoms with Crippen LogP contribution >= 0.6 is 0 Å². The molecule has 0 unspecified atom stereocenters. The number of anilines is 1. The maximum absolute atomic E-state index is 14.2. The average Bonchev–Trinajstić information content (AvgIpc) is 2.94. The first-order chi connectivity index (χ1) is 13.7. The molecule has 1 amide bonds. The first kappa shape index (κ1) is 20.5. The molecule has 0 fully saturated rings. The number of carbonyl (C=O) groups excluding carboxylic acids is 1. The van der Waals surface area contributed by atoms with Crippen molar-refractivity contribution in [3.63, 3.8) is 0 Å². The van der Waals surface area contributed by atoms with Gasteiger partial charge in [-0.1, -0.05) is 6.07 Å². The number of nitrogens with one attached hydrogen (secondary N) is 1. The van der Waals surface area contributed by atoms with E-state index in [0.717, 1.165) is 28.9 Å². The number of hydrogen-bond acceptors (Lipinski definition) is 3. The van der Waals surface area contributed by atoms with E-state index < -0.39 is 11.6 Å². The maximum atomic E-state index is 14.2. The van der Waals surface area contributed by atoms with Gasteiger partial charge in [0.15, 0.2) is 5.82 Å². The highest BCUT2D eigenvalue weighted by molar-refractivity contribution is 5.96. The molecule has 0 atom stereocenters. The van der Waals surface area contributed by atoms with Crippen LogP contribution in [0.15, 0.2) is 36.4 Å². The van der Waals surface area contributed by atoms with Crippen LogP contribution in [0.4, 0.5) is 14.5 Å². The molecular formula is C22H24F2N4O. The summed E-state index contributed by atoms with van der Waals surface area (Å²) in [7, 11) is 3.95. The van der Waals surface area contributed by atoms with Crippen LogP contribution in [0.2, 0.25) is 0 Å². The van der Waals surface area contributed by atoms with E-state index in [1.54, 1.807) is 13.8 Å². The fraction of sp³-hybridized carbons (Fsp3) is 0.273. The van der Waals surface area contributed by atoms with E-state index in [4.69, 9.17) is 0 Å². The molecular weight excluding hydrogens is 374 g/mol. The summed E-state index contributed by atoms with van der Waals surface area (Å²) in [6, 6.07) is 9.32. The summed E-state index contributed by atoms with van der Waals surface area (Å²) in [5, 5.41) is 7.20. The molecule has 2 aromatic carbocycles. The Labute approximate surface area is 169 Å². The highest BCUT2D eigenvalue weighted by Gasteiger charge is 2.21. The van der Waals surface area contributed by atoms with Gasteiger partial charge < -0.3 is 10.2 Å². The summed E-state index contributed by atoms with van der Waals surface area (Å²) >= 11 is 0. The van der Waals surface area contributed by atoms with Gasteiger partial charge in [0.05, 0.1) is 17.0 Å². The number of amides is 1. The van der Waals surface area contributed by atoms with Gasteiger partial charge in [0.25, 0.3) is 5.91 Å². The zero-order valence-electron chi connectivity index (χ0n) is 17.2. The monoisotopic (exact) mass is 398 g/mol. The second-order valence-corrected chi connectivity index (χ2v) is 7.24. The SMILES string of the molecule is Cc1cc(N(C)C)ccc1CNC(=O)c1c(C)nn(-c2ccc(F)cc2F)c1C. The molecule has 29 heavy (non-hydrogen) atoms. The van der Waals surface area contributed by atoms with E-state index >= 15 is 0 Å². The second-order valence-electron chi connectivity index (χ2n) is 7.24. The van der Waals surface area contributed by atoms with Crippen LogP contribution in [-0.4, -0.2) is 29.8 Å². The summed E-state index contributed by atoms with van der Waals surface area (Å²) in [5.41, 5.74) is 4.63. The third-order valence-corrected chi connectivity index (χ3v) is 4.94. The van der Waals surface area contributed by atoms with Gasteiger partial charge in [-0.3, -0.25) is 4.79 Å². The lowest BCUT2D eigenvalue weighted by atomic mass is 10.1. The van der Waals surface area contributed by atoms with Crippen molar-refractivity contribution < 1.29 is 13.6 Å². The minimum atomic E-state index is -0.737. The molecule has 0 spiro atoms. The predicted molar refractivity (Wildman–Crippen MR) is 110 cm³/mol. The fourth-order valence-electron chi connectivity index (χ4n) is 3.28. The highest BCUT2D eigenvalue weighted by Crippen LogP contribution is 2.21. The van der Waals surface area contributed by atoms with Crippen LogP contribution in [-0.2, 0) is 6.54 Å². The predicted octanol–water partition coefficient (Wildman–Crippen LogP) is 4.07. The first-order valence-corrected chi connectivity index (χ1v) is 9.25. The molecule has 0 saturated heterocycles. The van der Waals surface area contributed by atoms with Crippen LogP contribution < -0.4 is 10.2 Å². The number of aromatic nitrogens is 2. The van der Waals surface area contributed by atoms with Gasteiger partial charge in [-0.2, -0.15) is 5.10 Å². The van der Waals surface area contributed by atoms with Gasteiger partial charge in [0.2, 0.25) is 0 Å². The Morgan fingerprint density at radius 3 is 2.45 bits per heavy atom. The lowest BCUT2D eigenvalue weighted by molar-refractivity contribution is 0.0949. The summed E-state index contributed by atoms with van der Waals surface area (Å²) in [6.07, 6.45) is 0. The molecule has 1 aromatic heterocycles. The molecule has 0 aliphatic rings. The molecule has 5 nitrogen and oxygen atoms in total. The maximum Gasteiger partial charge on any atom is 0.255 e. The summed E-state index contributed by atoms with van der Waals surface area (Å²) in [6.45, 7) is 5.75. The van der Waals surface area contributed by atoms with E-state index in [-0.39, 0.29) is 11.6 Å². The van der Waals surface area contributed by atoms with Crippen molar-refractivity contribution in [3.8, 4) is 5.69 Å². The summed E-state index contributed by atoms with van der Waals surface area (Å²) in [4.78, 5) is 14.8. The van der Waals surface area contributed by atoms with Crippen LogP contribution in [0.1, 0.15) is 32.9 Å². The number of nitrogens with zero attached hydrogens (tertiary/aromatic N) is 3. The molecule has 1 heterocycles. The van der Waals surface area contributed by atoms with Gasteiger partial charge in [0.1, 0.15) is 11.5 Å². The van der Waals surface area contributed by atoms with Gasteiger partial charge in [-0.05, 0) is 56.2 Å². The zero-order chi connectivity index (χ0) is 21.3. The van der Waals surface area contributed by atoms with Crippen molar-refractivity contribution in [1.82, 2.24) is 15.1 Å². The van der Waals surface area contributed by atoms with Gasteiger partial charge in [-0.25, -0.2) is 13.5 Å². The van der Waals surface area contributed by atoms with E-state index in [9.17, 15) is 13.6 Å². The minimum Gasteiger partial charge on any atom is -0.378 e. The molecule has 0 aliphatic heterocycles. The van der Waals surface area contributed by atoms with Crippen molar-refractivity contribution in [1.29, 1.82) is 0 Å². The molecule has 0 radical (unpaired) electrons. The third-order valence-electron chi connectivity index (χ3n) is 4.94. The van der Waals surface area contributed by atoms with Crippen molar-refractivity contribution in [2.75, 3.05) is 19.0 Å². The standard InChI is InChI=1S/C22H24F2N4O/c1-13-10-18(27(4)5)8-6-16(13)12-25-22(29)21-14(2)26-28(15(21)3)20-9-7-17(23)11-19(20)24/h6-11H,12H2,1-5H3,(H,25,29). The molecule has 7 heteroatoms. The van der Waals surface area contributed by atoms with Gasteiger partial charge in [0, 0.05) is 32.4 Å². The fourth-order valence-corrected chi connectivity index (χ4v) is 3.28. The second kappa shape index (κ2) is 8.03. The quantitative estimate of drug-likeness (QED) is 0.705. The molecule has 0 saturated carbocycles. The van der Waals surface area contributed by atoms with Crippen LogP contribution in [0.5, 0.6) is 0 Å². The minimum absolute atomic E-state index is 0.0983. The topological polar surface area (TPSA) is 50.2 Å². The number of halogens is 2. The lowest BCUT2D eigenvalue weighted by Gasteiger charge is -2.15. The number of hydrogen-bond donors (Lipinski definition) is 1. The van der Waals surface area contributed by atoms with E-state index in [1.165, 1.54) is 10.7 Å². The Morgan fingerprint density at radius 1 is 1.10 bits per heavy atom. The van der Waals surface area contributed by atoms with Crippen LogP contribution in [0.3, 0.4) is 0 Å². The van der Waals surface area contributed by atoms with Crippen LogP contribution in [0.25, 0.3) is 5.69 Å². The number of benzene rings is 2. The zero-order valence-corrected chi connectivity index (χ0v) is 17.2. The van der Waals surface area contributed by atoms with E-state index in [0.29, 0.717) is 23.5 Å². The van der Waals surface area contributed by atoms with Crippen molar-refractivity contribution in [2.45, 2.75) is 27.3 Å². The third kappa shape index (κ3) is 4.13. The van der Waals surface area contributed by atoms with E-state index in [2.05, 4.69) is 16.5 Å². The smallest absolute Gasteiger partial charge is 0.255 e. The largest absolute Gasteiger partial charge is 0.378 e. The molecule has 3 aromatic rings. The molecule has 1 N–H and O–H groups in total. The molecule has 0 aliphatic carbocycles. The molecule has 0 bridgehead atoms. The average molecular weight is 398 g/mol. The lowest BCUT2D eigenvalue weighted by Crippen LogP contribution is -2.24. The molecule has 152 valence electrons. The van der Waals surface area contributed by atoms with E-state index in [1.807, 2.05) is 38.1 Å². The van der Waals surface area contributed by atoms with Gasteiger partial charge >= 0.3 is 0 Å². The van der Waals surface area contributed by atoms with Gasteiger partial charge in [-0.15, -0.1) is 0 Å². The van der Waals surface area contributed by atoms with Crippen molar-refractivity contribution in [2.24, 2.45) is 0 Å². The van der Waals surface area contributed by atoms with Crippen molar-refractivity contribution >= 4 is 11.6 Å². The van der Waals surface area contributed by atoms with Crippen molar-refractivity contribution in [3.05, 3.63) is 76.1 Å². The first-order valence-electron chi connectivity index (χ1n) is 9.25. The number of rotatable bonds is 5. The Morgan fingerprint density at radius 2 is 1.83 bits per heavy atom. The summed E-state index contributed by atoms with van der Waals surface area (Å²) < 4.78 is 28.7. The Balaban J connectivity index is 1.82. The number of aryl methyl sites for hydroxylation is 2. The Hall–Kier alpha value is -3.22. The highest BCUT2D eigenvalue weighted by atomic mass is 19.1. The Bertz CT molecular complexity index is 1070.